The van der Waals surface area contributed by atoms with Crippen LogP contribution in [0.4, 0.5) is 0 Å². The molecule has 0 aliphatic heterocycles. The summed E-state index contributed by atoms with van der Waals surface area (Å²) in [5.41, 5.74) is 3.99. The first-order valence-corrected chi connectivity index (χ1v) is 5.78. The Bertz CT molecular complexity index is 527. The van der Waals surface area contributed by atoms with Crippen LogP contribution >= 0.6 is 0 Å². The van der Waals surface area contributed by atoms with Gasteiger partial charge < -0.3 is 4.74 Å². The number of aromatic nitrogens is 1. The van der Waals surface area contributed by atoms with Crippen molar-refractivity contribution in [2.75, 3.05) is 0 Å². The minimum absolute atomic E-state index is 0.411. The van der Waals surface area contributed by atoms with Gasteiger partial charge in [0.25, 0.3) is 0 Å². The number of rotatable bonds is 4. The number of carbonyl (C=O) groups excluding carboxylic acids is 1. The lowest BCUT2D eigenvalue weighted by Crippen LogP contribution is -1.97. The summed E-state index contributed by atoms with van der Waals surface area (Å²) in [6.45, 7) is 4.64. The Kier molecular flexibility index (Phi) is 3.72. The SMILES string of the molecule is Cc1cc(C)cc(COc2ccc(C=O)nc2)c1. The smallest absolute Gasteiger partial charge is 0.168 e. The average molecular weight is 241 g/mol. The summed E-state index contributed by atoms with van der Waals surface area (Å²) in [6.07, 6.45) is 2.28. The summed E-state index contributed by atoms with van der Waals surface area (Å²) in [4.78, 5) is 14.4. The zero-order valence-electron chi connectivity index (χ0n) is 10.5. The number of pyridine rings is 1. The van der Waals surface area contributed by atoms with E-state index in [9.17, 15) is 4.79 Å². The molecule has 0 aliphatic rings. The van der Waals surface area contributed by atoms with Crippen molar-refractivity contribution in [2.24, 2.45) is 0 Å². The summed E-state index contributed by atoms with van der Waals surface area (Å²) >= 11 is 0. The van der Waals surface area contributed by atoms with Gasteiger partial charge in [-0.1, -0.05) is 29.3 Å². The molecular weight excluding hydrogens is 226 g/mol. The van der Waals surface area contributed by atoms with Crippen molar-refractivity contribution >= 4 is 6.29 Å². The van der Waals surface area contributed by atoms with Gasteiger partial charge in [-0.15, -0.1) is 0 Å². The Morgan fingerprint density at radius 1 is 1.17 bits per heavy atom. The van der Waals surface area contributed by atoms with Gasteiger partial charge in [-0.2, -0.15) is 0 Å². The molecule has 0 atom stereocenters. The van der Waals surface area contributed by atoms with E-state index in [2.05, 4.69) is 37.0 Å². The Hall–Kier alpha value is -2.16. The maximum absolute atomic E-state index is 10.5. The molecule has 2 rings (SSSR count). The molecule has 0 aliphatic carbocycles. The maximum atomic E-state index is 10.5. The van der Waals surface area contributed by atoms with Gasteiger partial charge in [-0.05, 0) is 31.5 Å². The van der Waals surface area contributed by atoms with Crippen LogP contribution < -0.4 is 4.74 Å². The molecule has 0 radical (unpaired) electrons. The van der Waals surface area contributed by atoms with Crippen molar-refractivity contribution in [3.63, 3.8) is 0 Å². The minimum atomic E-state index is 0.411. The lowest BCUT2D eigenvalue weighted by Gasteiger charge is -2.07. The van der Waals surface area contributed by atoms with Crippen molar-refractivity contribution in [2.45, 2.75) is 20.5 Å². The largest absolute Gasteiger partial charge is 0.487 e. The number of ether oxygens (including phenoxy) is 1. The lowest BCUT2D eigenvalue weighted by molar-refractivity contribution is 0.111. The van der Waals surface area contributed by atoms with Crippen LogP contribution in [0.5, 0.6) is 5.75 Å². The van der Waals surface area contributed by atoms with Crippen LogP contribution in [0, 0.1) is 13.8 Å². The first-order chi connectivity index (χ1) is 8.67. The summed E-state index contributed by atoms with van der Waals surface area (Å²) in [6, 6.07) is 9.72. The van der Waals surface area contributed by atoms with E-state index in [0.717, 1.165) is 5.56 Å². The number of aryl methyl sites for hydroxylation is 2. The van der Waals surface area contributed by atoms with E-state index >= 15 is 0 Å². The average Bonchev–Trinajstić information content (AvgIpc) is 2.36. The fourth-order valence-corrected chi connectivity index (χ4v) is 1.87. The molecule has 0 fully saturated rings. The fraction of sp³-hybridized carbons (Fsp3) is 0.200. The van der Waals surface area contributed by atoms with Gasteiger partial charge in [-0.25, -0.2) is 4.98 Å². The molecule has 0 unspecified atom stereocenters. The van der Waals surface area contributed by atoms with E-state index in [1.54, 1.807) is 18.3 Å². The second kappa shape index (κ2) is 5.45. The molecule has 0 amide bonds. The number of aldehydes is 1. The van der Waals surface area contributed by atoms with Crippen LogP contribution in [-0.4, -0.2) is 11.3 Å². The van der Waals surface area contributed by atoms with Gasteiger partial charge in [0.1, 0.15) is 18.1 Å². The number of hydrogen-bond acceptors (Lipinski definition) is 3. The zero-order valence-corrected chi connectivity index (χ0v) is 10.5. The highest BCUT2D eigenvalue weighted by atomic mass is 16.5. The fourth-order valence-electron chi connectivity index (χ4n) is 1.87. The third kappa shape index (κ3) is 3.17. The number of hydrogen-bond donors (Lipinski definition) is 0. The molecule has 18 heavy (non-hydrogen) atoms. The van der Waals surface area contributed by atoms with E-state index in [0.29, 0.717) is 24.3 Å². The van der Waals surface area contributed by atoms with Crippen LogP contribution in [0.15, 0.2) is 36.5 Å². The van der Waals surface area contributed by atoms with Crippen LogP contribution in [-0.2, 0) is 6.61 Å². The van der Waals surface area contributed by atoms with Crippen LogP contribution in [0.3, 0.4) is 0 Å². The van der Waals surface area contributed by atoms with Gasteiger partial charge in [0.2, 0.25) is 0 Å². The van der Waals surface area contributed by atoms with E-state index in [-0.39, 0.29) is 0 Å². The van der Waals surface area contributed by atoms with E-state index in [4.69, 9.17) is 4.74 Å². The topological polar surface area (TPSA) is 39.2 Å². The van der Waals surface area contributed by atoms with Crippen molar-refractivity contribution in [3.8, 4) is 5.75 Å². The highest BCUT2D eigenvalue weighted by Gasteiger charge is 1.99. The lowest BCUT2D eigenvalue weighted by atomic mass is 10.1. The van der Waals surface area contributed by atoms with Crippen molar-refractivity contribution < 1.29 is 9.53 Å². The highest BCUT2D eigenvalue weighted by molar-refractivity contribution is 5.71. The summed E-state index contributed by atoms with van der Waals surface area (Å²) in [5.74, 6) is 0.666. The first kappa shape index (κ1) is 12.3. The monoisotopic (exact) mass is 241 g/mol. The maximum Gasteiger partial charge on any atom is 0.168 e. The molecule has 0 N–H and O–H groups in total. The Labute approximate surface area is 106 Å². The molecule has 3 nitrogen and oxygen atoms in total. The first-order valence-electron chi connectivity index (χ1n) is 5.78. The molecule has 1 aromatic heterocycles. The van der Waals surface area contributed by atoms with Gasteiger partial charge in [0.15, 0.2) is 6.29 Å². The molecule has 0 saturated heterocycles. The highest BCUT2D eigenvalue weighted by Crippen LogP contribution is 2.14. The molecule has 0 bridgehead atoms. The van der Waals surface area contributed by atoms with Gasteiger partial charge in [-0.3, -0.25) is 4.79 Å². The summed E-state index contributed by atoms with van der Waals surface area (Å²) < 4.78 is 5.62. The number of benzene rings is 1. The third-order valence-electron chi connectivity index (χ3n) is 2.57. The third-order valence-corrected chi connectivity index (χ3v) is 2.57. The Morgan fingerprint density at radius 2 is 1.89 bits per heavy atom. The molecule has 92 valence electrons. The molecular formula is C15H15NO2. The molecule has 0 saturated carbocycles. The van der Waals surface area contributed by atoms with Crippen LogP contribution in [0.1, 0.15) is 27.2 Å². The molecule has 1 aromatic carbocycles. The number of nitrogens with zero attached hydrogens (tertiary/aromatic N) is 1. The van der Waals surface area contributed by atoms with Crippen LogP contribution in [0.25, 0.3) is 0 Å². The Morgan fingerprint density at radius 3 is 2.44 bits per heavy atom. The summed E-state index contributed by atoms with van der Waals surface area (Å²) in [7, 11) is 0. The van der Waals surface area contributed by atoms with E-state index in [1.807, 2.05) is 0 Å². The van der Waals surface area contributed by atoms with Crippen molar-refractivity contribution in [3.05, 3.63) is 58.9 Å². The quantitative estimate of drug-likeness (QED) is 0.772. The zero-order chi connectivity index (χ0) is 13.0. The van der Waals surface area contributed by atoms with Gasteiger partial charge in [0, 0.05) is 0 Å². The molecule has 2 aromatic rings. The number of carbonyl (C=O) groups is 1. The normalized spacial score (nSPS) is 10.1. The van der Waals surface area contributed by atoms with Crippen LogP contribution in [0.2, 0.25) is 0 Å². The predicted molar refractivity (Wildman–Crippen MR) is 69.9 cm³/mol. The van der Waals surface area contributed by atoms with Gasteiger partial charge in [0.05, 0.1) is 6.20 Å². The molecule has 0 spiro atoms. The van der Waals surface area contributed by atoms with Crippen molar-refractivity contribution in [1.82, 2.24) is 4.98 Å². The van der Waals surface area contributed by atoms with Gasteiger partial charge >= 0.3 is 0 Å². The minimum Gasteiger partial charge on any atom is -0.487 e. The predicted octanol–water partition coefficient (Wildman–Crippen LogP) is 3.09. The standard InChI is InChI=1S/C15H15NO2/c1-11-5-12(2)7-13(6-11)10-18-15-4-3-14(9-17)16-8-15/h3-9H,10H2,1-2H3. The second-order valence-electron chi connectivity index (χ2n) is 4.32. The van der Waals surface area contributed by atoms with Crippen molar-refractivity contribution in [1.29, 1.82) is 0 Å². The second-order valence-corrected chi connectivity index (χ2v) is 4.32. The van der Waals surface area contributed by atoms with E-state index < -0.39 is 0 Å². The molecule has 3 heteroatoms. The summed E-state index contributed by atoms with van der Waals surface area (Å²) in [5, 5.41) is 0. The molecule has 1 heterocycles. The van der Waals surface area contributed by atoms with E-state index in [1.165, 1.54) is 11.1 Å². The Balaban J connectivity index is 2.03.